The van der Waals surface area contributed by atoms with Crippen molar-refractivity contribution in [3.63, 3.8) is 0 Å². The van der Waals surface area contributed by atoms with Crippen molar-refractivity contribution in [3.05, 3.63) is 65.5 Å². The van der Waals surface area contributed by atoms with E-state index in [0.717, 1.165) is 42.3 Å². The third-order valence-electron chi connectivity index (χ3n) is 5.03. The van der Waals surface area contributed by atoms with Crippen LogP contribution in [0.5, 0.6) is 0 Å². The minimum Gasteiger partial charge on any atom is -0.478 e. The first-order valence-electron chi connectivity index (χ1n) is 10.5. The third kappa shape index (κ3) is 5.12. The minimum atomic E-state index is -0.940. The number of aryl methyl sites for hydroxylation is 1. The second-order valence-corrected chi connectivity index (χ2v) is 8.60. The summed E-state index contributed by atoms with van der Waals surface area (Å²) in [6, 6.07) is 10.8. The molecule has 0 saturated carbocycles. The molecular weight excluding hydrogens is 376 g/mol. The summed E-state index contributed by atoms with van der Waals surface area (Å²) in [6.45, 7) is 9.41. The normalized spacial score (nSPS) is 11.6. The topological polar surface area (TPSA) is 80.9 Å². The van der Waals surface area contributed by atoms with Crippen LogP contribution >= 0.6 is 0 Å². The molecule has 1 aromatic carbocycles. The maximum absolute atomic E-state index is 11.5. The number of benzene rings is 1. The first-order valence-corrected chi connectivity index (χ1v) is 10.5. The van der Waals surface area contributed by atoms with Crippen molar-refractivity contribution in [2.75, 3.05) is 0 Å². The fourth-order valence-corrected chi connectivity index (χ4v) is 3.29. The molecule has 0 aliphatic rings. The van der Waals surface area contributed by atoms with E-state index >= 15 is 0 Å². The molecular formula is C24H30N4O2. The molecule has 3 rings (SSSR count). The van der Waals surface area contributed by atoms with Gasteiger partial charge in [0.2, 0.25) is 0 Å². The zero-order valence-corrected chi connectivity index (χ0v) is 18.2. The van der Waals surface area contributed by atoms with E-state index in [9.17, 15) is 9.90 Å². The molecule has 0 bridgehead atoms. The van der Waals surface area contributed by atoms with Crippen molar-refractivity contribution in [3.8, 4) is 11.1 Å². The molecule has 0 fully saturated rings. The standard InChI is InChI=1S/C24H30N4O2/c1-5-6-9-14-28-21(26-23(27-28)24(2,3)4)15-18-13-12-17(16-25-18)19-10-7-8-11-20(19)22(29)30/h7-8,10-13,16H,5-6,9,14-15H2,1-4H3,(H,29,30). The third-order valence-corrected chi connectivity index (χ3v) is 5.03. The van der Waals surface area contributed by atoms with Gasteiger partial charge in [0.25, 0.3) is 0 Å². The van der Waals surface area contributed by atoms with E-state index in [4.69, 9.17) is 10.1 Å². The second kappa shape index (κ2) is 9.20. The molecule has 6 nitrogen and oxygen atoms in total. The molecule has 6 heteroatoms. The van der Waals surface area contributed by atoms with Gasteiger partial charge in [-0.15, -0.1) is 0 Å². The van der Waals surface area contributed by atoms with Gasteiger partial charge in [0.1, 0.15) is 5.82 Å². The van der Waals surface area contributed by atoms with Crippen molar-refractivity contribution in [1.29, 1.82) is 0 Å². The van der Waals surface area contributed by atoms with Crippen molar-refractivity contribution in [2.45, 2.75) is 65.3 Å². The van der Waals surface area contributed by atoms with Crippen molar-refractivity contribution < 1.29 is 9.90 Å². The highest BCUT2D eigenvalue weighted by molar-refractivity contribution is 5.95. The molecule has 0 spiro atoms. The fraction of sp³-hybridized carbons (Fsp3) is 0.417. The molecule has 0 unspecified atom stereocenters. The Labute approximate surface area is 178 Å². The zero-order valence-electron chi connectivity index (χ0n) is 18.2. The van der Waals surface area contributed by atoms with Gasteiger partial charge in [0, 0.05) is 35.8 Å². The molecule has 0 amide bonds. The van der Waals surface area contributed by atoms with E-state index in [1.807, 2.05) is 22.9 Å². The van der Waals surface area contributed by atoms with Gasteiger partial charge in [-0.25, -0.2) is 14.5 Å². The van der Waals surface area contributed by atoms with E-state index in [0.29, 0.717) is 12.0 Å². The number of nitrogens with zero attached hydrogens (tertiary/aromatic N) is 4. The van der Waals surface area contributed by atoms with Crippen LogP contribution in [0.15, 0.2) is 42.6 Å². The molecule has 3 aromatic rings. The lowest BCUT2D eigenvalue weighted by molar-refractivity contribution is 0.0697. The van der Waals surface area contributed by atoms with Gasteiger partial charge in [-0.3, -0.25) is 4.98 Å². The maximum Gasteiger partial charge on any atom is 0.336 e. The number of carboxylic acids is 1. The molecule has 0 aliphatic heterocycles. The van der Waals surface area contributed by atoms with Gasteiger partial charge in [-0.2, -0.15) is 5.10 Å². The Balaban J connectivity index is 1.85. The average molecular weight is 407 g/mol. The first kappa shape index (κ1) is 21.7. The molecule has 2 aromatic heterocycles. The summed E-state index contributed by atoms with van der Waals surface area (Å²) in [7, 11) is 0. The van der Waals surface area contributed by atoms with Crippen molar-refractivity contribution >= 4 is 5.97 Å². The second-order valence-electron chi connectivity index (χ2n) is 8.60. The van der Waals surface area contributed by atoms with Crippen LogP contribution in [0.1, 0.15) is 74.7 Å². The van der Waals surface area contributed by atoms with E-state index in [1.165, 1.54) is 6.42 Å². The summed E-state index contributed by atoms with van der Waals surface area (Å²) in [5, 5.41) is 14.2. The maximum atomic E-state index is 11.5. The fourth-order valence-electron chi connectivity index (χ4n) is 3.29. The van der Waals surface area contributed by atoms with Crippen molar-refractivity contribution in [1.82, 2.24) is 19.7 Å². The monoisotopic (exact) mass is 406 g/mol. The summed E-state index contributed by atoms with van der Waals surface area (Å²) in [4.78, 5) is 20.9. The minimum absolute atomic E-state index is 0.109. The Morgan fingerprint density at radius 3 is 2.50 bits per heavy atom. The van der Waals surface area contributed by atoms with Crippen LogP contribution in [0, 0.1) is 0 Å². The molecule has 2 heterocycles. The summed E-state index contributed by atoms with van der Waals surface area (Å²) >= 11 is 0. The van der Waals surface area contributed by atoms with Crippen LogP contribution < -0.4 is 0 Å². The van der Waals surface area contributed by atoms with E-state index < -0.39 is 5.97 Å². The van der Waals surface area contributed by atoms with Crippen LogP contribution in [0.3, 0.4) is 0 Å². The van der Waals surface area contributed by atoms with Crippen molar-refractivity contribution in [2.24, 2.45) is 0 Å². The molecule has 0 atom stereocenters. The highest BCUT2D eigenvalue weighted by atomic mass is 16.4. The number of aromatic carboxylic acids is 1. The Kier molecular flexibility index (Phi) is 6.65. The smallest absolute Gasteiger partial charge is 0.336 e. The number of rotatable bonds is 8. The lowest BCUT2D eigenvalue weighted by Gasteiger charge is -2.12. The highest BCUT2D eigenvalue weighted by Crippen LogP contribution is 2.24. The highest BCUT2D eigenvalue weighted by Gasteiger charge is 2.22. The number of carbonyl (C=O) groups is 1. The quantitative estimate of drug-likeness (QED) is 0.525. The van der Waals surface area contributed by atoms with Gasteiger partial charge in [-0.1, -0.05) is 64.8 Å². The van der Waals surface area contributed by atoms with E-state index in [2.05, 4.69) is 32.7 Å². The predicted molar refractivity (Wildman–Crippen MR) is 118 cm³/mol. The van der Waals surface area contributed by atoms with Gasteiger partial charge >= 0.3 is 5.97 Å². The number of pyridine rings is 1. The van der Waals surface area contributed by atoms with Gasteiger partial charge in [0.15, 0.2) is 5.82 Å². The van der Waals surface area contributed by atoms with Gasteiger partial charge in [0.05, 0.1) is 5.56 Å². The lowest BCUT2D eigenvalue weighted by Crippen LogP contribution is -2.14. The first-order chi connectivity index (χ1) is 14.3. The molecule has 0 saturated heterocycles. The predicted octanol–water partition coefficient (Wildman–Crippen LogP) is 5.12. The molecule has 1 N–H and O–H groups in total. The van der Waals surface area contributed by atoms with E-state index in [-0.39, 0.29) is 11.0 Å². The Bertz CT molecular complexity index is 1000. The largest absolute Gasteiger partial charge is 0.478 e. The molecule has 0 aliphatic carbocycles. The Morgan fingerprint density at radius 2 is 1.87 bits per heavy atom. The van der Waals surface area contributed by atoms with Crippen LogP contribution in [0.25, 0.3) is 11.1 Å². The Morgan fingerprint density at radius 1 is 1.10 bits per heavy atom. The number of hydrogen-bond acceptors (Lipinski definition) is 4. The molecule has 30 heavy (non-hydrogen) atoms. The summed E-state index contributed by atoms with van der Waals surface area (Å²) in [5.41, 5.74) is 2.51. The number of aromatic nitrogens is 4. The van der Waals surface area contributed by atoms with Crippen LogP contribution in [0.4, 0.5) is 0 Å². The summed E-state index contributed by atoms with van der Waals surface area (Å²) in [6.07, 6.45) is 5.74. The number of carboxylic acid groups (broad SMARTS) is 1. The summed E-state index contributed by atoms with van der Waals surface area (Å²) < 4.78 is 2.02. The van der Waals surface area contributed by atoms with Gasteiger partial charge in [-0.05, 0) is 24.1 Å². The van der Waals surface area contributed by atoms with E-state index in [1.54, 1.807) is 24.4 Å². The van der Waals surface area contributed by atoms with Crippen LogP contribution in [-0.2, 0) is 18.4 Å². The van der Waals surface area contributed by atoms with Gasteiger partial charge < -0.3 is 5.11 Å². The molecule has 0 radical (unpaired) electrons. The SMILES string of the molecule is CCCCCn1nc(C(C)(C)C)nc1Cc1ccc(-c2ccccc2C(=O)O)cn1. The Hall–Kier alpha value is -3.02. The zero-order chi connectivity index (χ0) is 21.7. The lowest BCUT2D eigenvalue weighted by atomic mass is 9.96. The average Bonchev–Trinajstić information content (AvgIpc) is 3.12. The number of unbranched alkanes of at least 4 members (excludes halogenated alkanes) is 2. The number of hydrogen-bond donors (Lipinski definition) is 1. The summed E-state index contributed by atoms with van der Waals surface area (Å²) in [5.74, 6) is 0.827. The molecule has 158 valence electrons. The van der Waals surface area contributed by atoms with Crippen LogP contribution in [-0.4, -0.2) is 30.8 Å². The van der Waals surface area contributed by atoms with Crippen LogP contribution in [0.2, 0.25) is 0 Å².